The van der Waals surface area contributed by atoms with Crippen LogP contribution >= 0.6 is 15.9 Å². The Bertz CT molecular complexity index is 357. The molecule has 0 fully saturated rings. The maximum atomic E-state index is 13.1. The maximum absolute atomic E-state index is 13.1. The number of rotatable bonds is 6. The molecule has 0 saturated carbocycles. The van der Waals surface area contributed by atoms with E-state index in [4.69, 9.17) is 0 Å². The Kier molecular flexibility index (Phi) is 6.09. The molecule has 0 aliphatic carbocycles. The molecule has 0 bridgehead atoms. The van der Waals surface area contributed by atoms with Crippen molar-refractivity contribution in [2.24, 2.45) is 0 Å². The Morgan fingerprint density at radius 2 is 2.18 bits per heavy atom. The third-order valence-electron chi connectivity index (χ3n) is 3.02. The van der Waals surface area contributed by atoms with Gasteiger partial charge in [-0.2, -0.15) is 0 Å². The standard InChI is InChI=1S/C13H20BrFN2/c1-10(17(3)8-4-7-16-2)11-5-6-13(15)12(14)9-11/h5-6,9-10,16H,4,7-8H2,1-3H3. The largest absolute Gasteiger partial charge is 0.320 e. The quantitative estimate of drug-likeness (QED) is 0.812. The van der Waals surface area contributed by atoms with E-state index in [1.54, 1.807) is 0 Å². The van der Waals surface area contributed by atoms with Gasteiger partial charge in [0.15, 0.2) is 0 Å². The summed E-state index contributed by atoms with van der Waals surface area (Å²) in [5.74, 6) is -0.209. The van der Waals surface area contributed by atoms with Gasteiger partial charge in [-0.15, -0.1) is 0 Å². The summed E-state index contributed by atoms with van der Waals surface area (Å²) in [6.45, 7) is 4.18. The van der Waals surface area contributed by atoms with Crippen LogP contribution in [0, 0.1) is 5.82 Å². The van der Waals surface area contributed by atoms with E-state index in [1.807, 2.05) is 19.2 Å². The average molecular weight is 303 g/mol. The topological polar surface area (TPSA) is 15.3 Å². The summed E-state index contributed by atoms with van der Waals surface area (Å²) in [4.78, 5) is 2.27. The van der Waals surface area contributed by atoms with Gasteiger partial charge in [-0.1, -0.05) is 6.07 Å². The monoisotopic (exact) mass is 302 g/mol. The van der Waals surface area contributed by atoms with E-state index in [2.05, 4.69) is 40.1 Å². The van der Waals surface area contributed by atoms with Crippen LogP contribution in [-0.4, -0.2) is 32.1 Å². The predicted octanol–water partition coefficient (Wildman–Crippen LogP) is 3.19. The summed E-state index contributed by atoms with van der Waals surface area (Å²) in [5, 5.41) is 3.13. The van der Waals surface area contributed by atoms with Crippen molar-refractivity contribution in [1.82, 2.24) is 10.2 Å². The summed E-state index contributed by atoms with van der Waals surface area (Å²) < 4.78 is 13.7. The highest BCUT2D eigenvalue weighted by molar-refractivity contribution is 9.10. The van der Waals surface area contributed by atoms with E-state index < -0.39 is 0 Å². The van der Waals surface area contributed by atoms with E-state index >= 15 is 0 Å². The molecule has 1 rings (SSSR count). The lowest BCUT2D eigenvalue weighted by molar-refractivity contribution is 0.258. The Morgan fingerprint density at radius 3 is 2.76 bits per heavy atom. The van der Waals surface area contributed by atoms with Crippen LogP contribution in [0.4, 0.5) is 4.39 Å². The Morgan fingerprint density at radius 1 is 1.47 bits per heavy atom. The fourth-order valence-corrected chi connectivity index (χ4v) is 2.12. The van der Waals surface area contributed by atoms with Crippen LogP contribution < -0.4 is 5.32 Å². The van der Waals surface area contributed by atoms with Gasteiger partial charge in [0.05, 0.1) is 4.47 Å². The molecular weight excluding hydrogens is 283 g/mol. The van der Waals surface area contributed by atoms with Crippen molar-refractivity contribution >= 4 is 15.9 Å². The zero-order valence-corrected chi connectivity index (χ0v) is 12.2. The molecule has 1 aromatic carbocycles. The molecule has 1 atom stereocenters. The van der Waals surface area contributed by atoms with Crippen molar-refractivity contribution < 1.29 is 4.39 Å². The van der Waals surface area contributed by atoms with E-state index in [0.717, 1.165) is 25.1 Å². The number of halogens is 2. The van der Waals surface area contributed by atoms with E-state index in [0.29, 0.717) is 10.5 Å². The van der Waals surface area contributed by atoms with Gasteiger partial charge < -0.3 is 5.32 Å². The third-order valence-corrected chi connectivity index (χ3v) is 3.63. The van der Waals surface area contributed by atoms with Crippen LogP contribution in [0.15, 0.2) is 22.7 Å². The van der Waals surface area contributed by atoms with Gasteiger partial charge in [0.1, 0.15) is 5.82 Å². The van der Waals surface area contributed by atoms with Gasteiger partial charge >= 0.3 is 0 Å². The van der Waals surface area contributed by atoms with E-state index in [-0.39, 0.29) is 5.82 Å². The smallest absolute Gasteiger partial charge is 0.137 e. The number of nitrogens with zero attached hydrogens (tertiary/aromatic N) is 1. The van der Waals surface area contributed by atoms with Gasteiger partial charge in [-0.3, -0.25) is 4.90 Å². The molecule has 2 nitrogen and oxygen atoms in total. The molecule has 0 aromatic heterocycles. The Balaban J connectivity index is 2.61. The molecule has 17 heavy (non-hydrogen) atoms. The first-order valence-electron chi connectivity index (χ1n) is 5.86. The molecule has 0 spiro atoms. The summed E-state index contributed by atoms with van der Waals surface area (Å²) in [7, 11) is 4.05. The predicted molar refractivity (Wildman–Crippen MR) is 73.7 cm³/mol. The van der Waals surface area contributed by atoms with Gasteiger partial charge in [-0.25, -0.2) is 4.39 Å². The van der Waals surface area contributed by atoms with Crippen molar-refractivity contribution in [1.29, 1.82) is 0 Å². The van der Waals surface area contributed by atoms with Crippen LogP contribution in [-0.2, 0) is 0 Å². The molecule has 0 heterocycles. The molecule has 96 valence electrons. The lowest BCUT2D eigenvalue weighted by Crippen LogP contribution is -2.25. The molecule has 1 N–H and O–H groups in total. The van der Waals surface area contributed by atoms with Crippen molar-refractivity contribution in [3.8, 4) is 0 Å². The lowest BCUT2D eigenvalue weighted by Gasteiger charge is -2.25. The fourth-order valence-electron chi connectivity index (χ4n) is 1.73. The van der Waals surface area contributed by atoms with Crippen molar-refractivity contribution in [3.05, 3.63) is 34.1 Å². The summed E-state index contributed by atoms with van der Waals surface area (Å²) in [6.07, 6.45) is 1.11. The number of hydrogen-bond donors (Lipinski definition) is 1. The third kappa shape index (κ3) is 4.37. The number of benzene rings is 1. The highest BCUT2D eigenvalue weighted by atomic mass is 79.9. The first kappa shape index (κ1) is 14.6. The normalized spacial score (nSPS) is 13.1. The maximum Gasteiger partial charge on any atom is 0.137 e. The van der Waals surface area contributed by atoms with Gasteiger partial charge in [0, 0.05) is 6.04 Å². The molecule has 0 saturated heterocycles. The van der Waals surface area contributed by atoms with E-state index in [9.17, 15) is 4.39 Å². The van der Waals surface area contributed by atoms with Crippen LogP contribution in [0.5, 0.6) is 0 Å². The van der Waals surface area contributed by atoms with Gasteiger partial charge in [0.25, 0.3) is 0 Å². The molecular formula is C13H20BrFN2. The SMILES string of the molecule is CNCCCN(C)C(C)c1ccc(F)c(Br)c1. The molecule has 0 radical (unpaired) electrons. The summed E-state index contributed by atoms with van der Waals surface area (Å²) in [5.41, 5.74) is 1.13. The van der Waals surface area contributed by atoms with Crippen LogP contribution in [0.25, 0.3) is 0 Å². The van der Waals surface area contributed by atoms with Gasteiger partial charge in [0.2, 0.25) is 0 Å². The second kappa shape index (κ2) is 7.09. The number of nitrogens with one attached hydrogen (secondary N) is 1. The van der Waals surface area contributed by atoms with Crippen molar-refractivity contribution in [2.75, 3.05) is 27.2 Å². The molecule has 1 aromatic rings. The summed E-state index contributed by atoms with van der Waals surface area (Å²) in [6, 6.07) is 5.51. The van der Waals surface area contributed by atoms with Crippen LogP contribution in [0.3, 0.4) is 0 Å². The first-order valence-corrected chi connectivity index (χ1v) is 6.65. The Hall–Kier alpha value is -0.450. The average Bonchev–Trinajstić information content (AvgIpc) is 2.32. The van der Waals surface area contributed by atoms with Crippen molar-refractivity contribution in [3.63, 3.8) is 0 Å². The minimum absolute atomic E-state index is 0.209. The molecule has 0 amide bonds. The zero-order valence-electron chi connectivity index (χ0n) is 10.6. The fraction of sp³-hybridized carbons (Fsp3) is 0.538. The molecule has 0 aliphatic rings. The second-order valence-corrected chi connectivity index (χ2v) is 5.14. The molecule has 4 heteroatoms. The molecule has 1 unspecified atom stereocenters. The second-order valence-electron chi connectivity index (χ2n) is 4.29. The minimum atomic E-state index is -0.209. The molecule has 0 aliphatic heterocycles. The van der Waals surface area contributed by atoms with Crippen LogP contribution in [0.2, 0.25) is 0 Å². The van der Waals surface area contributed by atoms with Crippen molar-refractivity contribution in [2.45, 2.75) is 19.4 Å². The highest BCUT2D eigenvalue weighted by Gasteiger charge is 2.12. The lowest BCUT2D eigenvalue weighted by atomic mass is 10.1. The van der Waals surface area contributed by atoms with E-state index in [1.165, 1.54) is 6.07 Å². The van der Waals surface area contributed by atoms with Gasteiger partial charge in [-0.05, 0) is 74.2 Å². The summed E-state index contributed by atoms with van der Waals surface area (Å²) >= 11 is 3.22. The zero-order chi connectivity index (χ0) is 12.8. The number of hydrogen-bond acceptors (Lipinski definition) is 2. The first-order chi connectivity index (χ1) is 8.06. The highest BCUT2D eigenvalue weighted by Crippen LogP contribution is 2.24. The minimum Gasteiger partial charge on any atom is -0.320 e. The van der Waals surface area contributed by atoms with Crippen LogP contribution in [0.1, 0.15) is 24.9 Å². The Labute approximate surface area is 111 Å².